The number of anilines is 1. The first kappa shape index (κ1) is 19.4. The van der Waals surface area contributed by atoms with Gasteiger partial charge in [0.2, 0.25) is 11.8 Å². The van der Waals surface area contributed by atoms with Crippen LogP contribution in [-0.2, 0) is 14.3 Å². The Morgan fingerprint density at radius 1 is 1.20 bits per heavy atom. The summed E-state index contributed by atoms with van der Waals surface area (Å²) in [6.07, 6.45) is 1.20. The van der Waals surface area contributed by atoms with E-state index in [9.17, 15) is 9.59 Å². The molecular weight excluding hydrogens is 318 g/mol. The normalized spacial score (nSPS) is 16.4. The zero-order chi connectivity index (χ0) is 18.6. The molecule has 2 amide bonds. The molecule has 1 aromatic carbocycles. The van der Waals surface area contributed by atoms with Gasteiger partial charge in [-0.1, -0.05) is 17.7 Å². The van der Waals surface area contributed by atoms with Crippen LogP contribution < -0.4 is 11.1 Å². The summed E-state index contributed by atoms with van der Waals surface area (Å²) in [5.41, 5.74) is 9.28. The lowest BCUT2D eigenvalue weighted by Gasteiger charge is -2.37. The Morgan fingerprint density at radius 2 is 1.76 bits per heavy atom. The fraction of sp³-hybridized carbons (Fsp3) is 0.579. The molecule has 0 aliphatic carbocycles. The fourth-order valence-corrected chi connectivity index (χ4v) is 3.52. The van der Waals surface area contributed by atoms with Crippen LogP contribution in [0.3, 0.4) is 0 Å². The molecule has 1 saturated heterocycles. The summed E-state index contributed by atoms with van der Waals surface area (Å²) in [5, 5.41) is 2.94. The zero-order valence-corrected chi connectivity index (χ0v) is 15.6. The van der Waals surface area contributed by atoms with Gasteiger partial charge in [-0.2, -0.15) is 0 Å². The first-order chi connectivity index (χ1) is 11.8. The van der Waals surface area contributed by atoms with Crippen LogP contribution >= 0.6 is 0 Å². The van der Waals surface area contributed by atoms with Crippen LogP contribution in [0.15, 0.2) is 12.1 Å². The molecule has 0 unspecified atom stereocenters. The van der Waals surface area contributed by atoms with Gasteiger partial charge in [-0.25, -0.2) is 0 Å². The summed E-state index contributed by atoms with van der Waals surface area (Å²) in [6, 6.07) is 4.06. The third kappa shape index (κ3) is 4.38. The summed E-state index contributed by atoms with van der Waals surface area (Å²) in [4.78, 5) is 26.7. The second kappa shape index (κ2) is 7.97. The Balaban J connectivity index is 2.03. The summed E-state index contributed by atoms with van der Waals surface area (Å²) >= 11 is 0. The van der Waals surface area contributed by atoms with Crippen molar-refractivity contribution in [2.45, 2.75) is 33.6 Å². The summed E-state index contributed by atoms with van der Waals surface area (Å²) in [5.74, 6) is -0.282. The predicted molar refractivity (Wildman–Crippen MR) is 98.5 cm³/mol. The molecule has 1 aliphatic heterocycles. The van der Waals surface area contributed by atoms with Crippen molar-refractivity contribution in [3.8, 4) is 0 Å². The van der Waals surface area contributed by atoms with Gasteiger partial charge >= 0.3 is 0 Å². The maximum Gasteiger partial charge on any atom is 0.243 e. The quantitative estimate of drug-likeness (QED) is 0.850. The van der Waals surface area contributed by atoms with Gasteiger partial charge in [-0.05, 0) is 44.7 Å². The SMILES string of the molecule is Cc1cc(C)c(NC(=O)CN(C)C(=O)C2(CN)CCOCC2)c(C)c1. The molecule has 6 nitrogen and oxygen atoms in total. The average molecular weight is 347 g/mol. The highest BCUT2D eigenvalue weighted by Crippen LogP contribution is 2.31. The van der Waals surface area contributed by atoms with Gasteiger partial charge in [-0.15, -0.1) is 0 Å². The second-order valence-electron chi connectivity index (χ2n) is 7.08. The van der Waals surface area contributed by atoms with E-state index in [1.165, 1.54) is 4.90 Å². The van der Waals surface area contributed by atoms with Crippen molar-refractivity contribution in [3.63, 3.8) is 0 Å². The number of amides is 2. The number of benzene rings is 1. The molecule has 1 aliphatic rings. The third-order valence-corrected chi connectivity index (χ3v) is 4.96. The van der Waals surface area contributed by atoms with Crippen LogP contribution in [0.25, 0.3) is 0 Å². The molecule has 0 atom stereocenters. The third-order valence-electron chi connectivity index (χ3n) is 4.96. The molecule has 25 heavy (non-hydrogen) atoms. The van der Waals surface area contributed by atoms with Gasteiger partial charge in [0.25, 0.3) is 0 Å². The number of carbonyl (C=O) groups excluding carboxylic acids is 2. The highest BCUT2D eigenvalue weighted by Gasteiger charge is 2.40. The first-order valence-electron chi connectivity index (χ1n) is 8.70. The van der Waals surface area contributed by atoms with E-state index >= 15 is 0 Å². The molecule has 3 N–H and O–H groups in total. The average Bonchev–Trinajstić information content (AvgIpc) is 2.58. The summed E-state index contributed by atoms with van der Waals surface area (Å²) in [7, 11) is 1.66. The Morgan fingerprint density at radius 3 is 2.28 bits per heavy atom. The Labute approximate surface area is 149 Å². The summed E-state index contributed by atoms with van der Waals surface area (Å²) < 4.78 is 5.35. The number of hydrogen-bond acceptors (Lipinski definition) is 4. The number of nitrogens with zero attached hydrogens (tertiary/aromatic N) is 1. The highest BCUT2D eigenvalue weighted by atomic mass is 16.5. The number of aryl methyl sites for hydroxylation is 3. The van der Waals surface area contributed by atoms with E-state index < -0.39 is 5.41 Å². The van der Waals surface area contributed by atoms with Gasteiger partial charge < -0.3 is 20.7 Å². The number of likely N-dealkylation sites (N-methyl/N-ethyl adjacent to an activating group) is 1. The molecule has 0 bridgehead atoms. The minimum atomic E-state index is -0.608. The van der Waals surface area contributed by atoms with E-state index in [0.717, 1.165) is 22.4 Å². The van der Waals surface area contributed by atoms with Crippen LogP contribution in [-0.4, -0.2) is 50.1 Å². The van der Waals surface area contributed by atoms with Crippen LogP contribution in [0.5, 0.6) is 0 Å². The predicted octanol–water partition coefficient (Wildman–Crippen LogP) is 1.76. The van der Waals surface area contributed by atoms with Crippen molar-refractivity contribution in [1.29, 1.82) is 0 Å². The smallest absolute Gasteiger partial charge is 0.243 e. The standard InChI is InChI=1S/C19H29N3O3/c1-13-9-14(2)17(15(3)10-13)21-16(23)11-22(4)18(24)19(12-20)5-7-25-8-6-19/h9-10H,5-8,11-12,20H2,1-4H3,(H,21,23). The van der Waals surface area contributed by atoms with E-state index in [1.54, 1.807) is 7.05 Å². The summed E-state index contributed by atoms with van der Waals surface area (Å²) in [6.45, 7) is 7.31. The number of rotatable bonds is 5. The van der Waals surface area contributed by atoms with E-state index in [0.29, 0.717) is 26.1 Å². The minimum absolute atomic E-state index is 0.00813. The molecule has 138 valence electrons. The largest absolute Gasteiger partial charge is 0.381 e. The highest BCUT2D eigenvalue weighted by molar-refractivity contribution is 5.96. The maximum atomic E-state index is 12.8. The van der Waals surface area contributed by atoms with Gasteiger partial charge in [0.05, 0.1) is 12.0 Å². The minimum Gasteiger partial charge on any atom is -0.381 e. The molecule has 1 heterocycles. The molecule has 6 heteroatoms. The van der Waals surface area contributed by atoms with Crippen molar-refractivity contribution in [1.82, 2.24) is 4.90 Å². The number of hydrogen-bond donors (Lipinski definition) is 2. The van der Waals surface area contributed by atoms with E-state index in [-0.39, 0.29) is 24.9 Å². The lowest BCUT2D eigenvalue weighted by atomic mass is 9.79. The number of ether oxygens (including phenoxy) is 1. The van der Waals surface area contributed by atoms with Crippen LogP contribution in [0, 0.1) is 26.2 Å². The fourth-order valence-electron chi connectivity index (χ4n) is 3.52. The lowest BCUT2D eigenvalue weighted by Crippen LogP contribution is -2.51. The first-order valence-corrected chi connectivity index (χ1v) is 8.70. The van der Waals surface area contributed by atoms with Crippen LogP contribution in [0.4, 0.5) is 5.69 Å². The van der Waals surface area contributed by atoms with Gasteiger partial charge in [-0.3, -0.25) is 9.59 Å². The number of carbonyl (C=O) groups is 2. The molecule has 1 aromatic rings. The van der Waals surface area contributed by atoms with E-state index in [1.807, 2.05) is 32.9 Å². The van der Waals surface area contributed by atoms with Crippen molar-refractivity contribution >= 4 is 17.5 Å². The van der Waals surface area contributed by atoms with Crippen molar-refractivity contribution in [2.75, 3.05) is 38.7 Å². The zero-order valence-electron chi connectivity index (χ0n) is 15.6. The molecule has 0 saturated carbocycles. The Kier molecular flexibility index (Phi) is 6.19. The number of nitrogens with two attached hydrogens (primary N) is 1. The maximum absolute atomic E-state index is 12.8. The van der Waals surface area contributed by atoms with Crippen molar-refractivity contribution < 1.29 is 14.3 Å². The lowest BCUT2D eigenvalue weighted by molar-refractivity contribution is -0.147. The van der Waals surface area contributed by atoms with Crippen LogP contribution in [0.1, 0.15) is 29.5 Å². The molecule has 0 radical (unpaired) electrons. The second-order valence-corrected chi connectivity index (χ2v) is 7.08. The molecule has 0 spiro atoms. The molecular formula is C19H29N3O3. The molecule has 0 aromatic heterocycles. The number of nitrogens with one attached hydrogen (secondary N) is 1. The Hall–Kier alpha value is -1.92. The van der Waals surface area contributed by atoms with Gasteiger partial charge in [0.1, 0.15) is 0 Å². The van der Waals surface area contributed by atoms with E-state index in [4.69, 9.17) is 10.5 Å². The van der Waals surface area contributed by atoms with Crippen molar-refractivity contribution in [3.05, 3.63) is 28.8 Å². The Bertz CT molecular complexity index is 628. The molecule has 2 rings (SSSR count). The van der Waals surface area contributed by atoms with Gasteiger partial charge in [0.15, 0.2) is 0 Å². The van der Waals surface area contributed by atoms with E-state index in [2.05, 4.69) is 5.32 Å². The topological polar surface area (TPSA) is 84.7 Å². The molecule has 1 fully saturated rings. The van der Waals surface area contributed by atoms with Crippen molar-refractivity contribution in [2.24, 2.45) is 11.1 Å². The van der Waals surface area contributed by atoms with Crippen LogP contribution in [0.2, 0.25) is 0 Å². The van der Waals surface area contributed by atoms with Gasteiger partial charge in [0, 0.05) is 32.5 Å². The monoisotopic (exact) mass is 347 g/mol.